The molecule has 116 valence electrons. The summed E-state index contributed by atoms with van der Waals surface area (Å²) in [4.78, 5) is 1.27. The molecular weight excluding hydrogens is 364 g/mol. The average Bonchev–Trinajstić information content (AvgIpc) is 2.74. The van der Waals surface area contributed by atoms with Gasteiger partial charge < -0.3 is 10.1 Å². The minimum Gasteiger partial charge on any atom is -0.380 e. The molecule has 0 saturated heterocycles. The maximum atomic E-state index is 12.2. The fraction of sp³-hybridized carbons (Fsp3) is 0.667. The SMILES string of the molecule is CCOCCNS(=O)(=O)c1cc(CNC(C)C)sc1Br. The molecule has 5 nitrogen and oxygen atoms in total. The third-order valence-electron chi connectivity index (χ3n) is 2.42. The van der Waals surface area contributed by atoms with Crippen molar-refractivity contribution in [3.8, 4) is 0 Å². The molecule has 0 aromatic carbocycles. The van der Waals surface area contributed by atoms with Gasteiger partial charge in [-0.2, -0.15) is 0 Å². The molecule has 0 aliphatic heterocycles. The van der Waals surface area contributed by atoms with Gasteiger partial charge in [-0.15, -0.1) is 11.3 Å². The predicted octanol–water partition coefficient (Wildman–Crippen LogP) is 2.32. The molecule has 0 aliphatic carbocycles. The van der Waals surface area contributed by atoms with Gasteiger partial charge in [-0.05, 0) is 28.9 Å². The zero-order valence-electron chi connectivity index (χ0n) is 11.9. The van der Waals surface area contributed by atoms with E-state index >= 15 is 0 Å². The van der Waals surface area contributed by atoms with E-state index in [0.717, 1.165) is 4.88 Å². The Morgan fingerprint density at radius 3 is 2.75 bits per heavy atom. The van der Waals surface area contributed by atoms with Crippen molar-refractivity contribution in [2.45, 2.75) is 38.3 Å². The summed E-state index contributed by atoms with van der Waals surface area (Å²) in [6.07, 6.45) is 0. The van der Waals surface area contributed by atoms with Gasteiger partial charge in [-0.25, -0.2) is 13.1 Å². The maximum Gasteiger partial charge on any atom is 0.242 e. The molecule has 1 heterocycles. The van der Waals surface area contributed by atoms with E-state index in [1.165, 1.54) is 11.3 Å². The molecule has 0 fully saturated rings. The van der Waals surface area contributed by atoms with Crippen LogP contribution in [0.3, 0.4) is 0 Å². The number of halogens is 1. The van der Waals surface area contributed by atoms with Crippen LogP contribution in [-0.4, -0.2) is 34.2 Å². The largest absolute Gasteiger partial charge is 0.380 e. The Balaban J connectivity index is 2.69. The first kappa shape index (κ1) is 18.1. The molecule has 0 radical (unpaired) electrons. The van der Waals surface area contributed by atoms with E-state index < -0.39 is 10.0 Å². The standard InChI is InChI=1S/C12H21BrN2O3S2/c1-4-18-6-5-15-20(16,17)11-7-10(19-12(11)13)8-14-9(2)3/h7,9,14-15H,4-6,8H2,1-3H3. The highest BCUT2D eigenvalue weighted by atomic mass is 79.9. The average molecular weight is 385 g/mol. The molecule has 1 rings (SSSR count). The molecule has 8 heteroatoms. The van der Waals surface area contributed by atoms with Gasteiger partial charge in [0, 0.05) is 30.6 Å². The number of sulfonamides is 1. The van der Waals surface area contributed by atoms with Gasteiger partial charge in [-0.1, -0.05) is 13.8 Å². The summed E-state index contributed by atoms with van der Waals surface area (Å²) in [6.45, 7) is 7.87. The maximum absolute atomic E-state index is 12.2. The van der Waals surface area contributed by atoms with Crippen LogP contribution in [0.1, 0.15) is 25.6 Å². The summed E-state index contributed by atoms with van der Waals surface area (Å²) in [7, 11) is -3.48. The molecule has 0 spiro atoms. The second kappa shape index (κ2) is 8.45. The Labute approximate surface area is 133 Å². The first-order valence-electron chi connectivity index (χ1n) is 6.45. The van der Waals surface area contributed by atoms with Gasteiger partial charge >= 0.3 is 0 Å². The second-order valence-electron chi connectivity index (χ2n) is 4.48. The van der Waals surface area contributed by atoms with Crippen molar-refractivity contribution in [1.29, 1.82) is 0 Å². The topological polar surface area (TPSA) is 67.4 Å². The summed E-state index contributed by atoms with van der Waals surface area (Å²) >= 11 is 4.75. The van der Waals surface area contributed by atoms with Crippen LogP contribution in [0.15, 0.2) is 14.7 Å². The number of hydrogen-bond donors (Lipinski definition) is 2. The van der Waals surface area contributed by atoms with Crippen molar-refractivity contribution in [2.75, 3.05) is 19.8 Å². The highest BCUT2D eigenvalue weighted by molar-refractivity contribution is 9.11. The van der Waals surface area contributed by atoms with E-state index in [2.05, 4.69) is 39.8 Å². The van der Waals surface area contributed by atoms with Gasteiger partial charge in [0.1, 0.15) is 4.90 Å². The zero-order chi connectivity index (χ0) is 15.2. The van der Waals surface area contributed by atoms with E-state index in [1.54, 1.807) is 6.07 Å². The third kappa shape index (κ3) is 5.79. The zero-order valence-corrected chi connectivity index (χ0v) is 15.1. The minimum atomic E-state index is -3.48. The number of nitrogens with one attached hydrogen (secondary N) is 2. The summed E-state index contributed by atoms with van der Waals surface area (Å²) < 4.78 is 32.6. The Hall–Kier alpha value is 0.01000. The molecule has 0 saturated carbocycles. The Bertz CT molecular complexity index is 515. The van der Waals surface area contributed by atoms with Crippen LogP contribution in [0.2, 0.25) is 0 Å². The fourth-order valence-corrected chi connectivity index (χ4v) is 5.09. The molecule has 2 N–H and O–H groups in total. The van der Waals surface area contributed by atoms with E-state index in [4.69, 9.17) is 4.74 Å². The van der Waals surface area contributed by atoms with Crippen LogP contribution in [-0.2, 0) is 21.3 Å². The fourth-order valence-electron chi connectivity index (χ4n) is 1.44. The number of thiophene rings is 1. The quantitative estimate of drug-likeness (QED) is 0.641. The molecule has 0 bridgehead atoms. The Morgan fingerprint density at radius 1 is 1.45 bits per heavy atom. The minimum absolute atomic E-state index is 0.276. The molecule has 0 unspecified atom stereocenters. The van der Waals surface area contributed by atoms with Crippen molar-refractivity contribution in [2.24, 2.45) is 0 Å². The van der Waals surface area contributed by atoms with Crippen molar-refractivity contribution in [3.63, 3.8) is 0 Å². The highest BCUT2D eigenvalue weighted by Gasteiger charge is 2.20. The molecule has 0 aliphatic rings. The van der Waals surface area contributed by atoms with Gasteiger partial charge in [0.2, 0.25) is 10.0 Å². The number of hydrogen-bond acceptors (Lipinski definition) is 5. The number of rotatable bonds is 9. The lowest BCUT2D eigenvalue weighted by Gasteiger charge is -2.06. The summed E-state index contributed by atoms with van der Waals surface area (Å²) in [6, 6.07) is 2.06. The van der Waals surface area contributed by atoms with Crippen molar-refractivity contribution in [1.82, 2.24) is 10.0 Å². The van der Waals surface area contributed by atoms with E-state index in [9.17, 15) is 8.42 Å². The van der Waals surface area contributed by atoms with E-state index in [1.807, 2.05) is 6.92 Å². The van der Waals surface area contributed by atoms with Crippen molar-refractivity contribution < 1.29 is 13.2 Å². The van der Waals surface area contributed by atoms with Crippen LogP contribution < -0.4 is 10.0 Å². The molecule has 0 atom stereocenters. The van der Waals surface area contributed by atoms with Gasteiger partial charge in [0.25, 0.3) is 0 Å². The first-order chi connectivity index (χ1) is 9.36. The van der Waals surface area contributed by atoms with E-state index in [0.29, 0.717) is 34.5 Å². The lowest BCUT2D eigenvalue weighted by atomic mass is 10.4. The normalized spacial score (nSPS) is 12.2. The van der Waals surface area contributed by atoms with Crippen LogP contribution in [0.4, 0.5) is 0 Å². The molecular formula is C12H21BrN2O3S2. The molecule has 1 aromatic rings. The Kier molecular flexibility index (Phi) is 7.63. The van der Waals surface area contributed by atoms with Gasteiger partial charge in [0.05, 0.1) is 10.4 Å². The predicted molar refractivity (Wildman–Crippen MR) is 85.7 cm³/mol. The highest BCUT2D eigenvalue weighted by Crippen LogP contribution is 2.31. The molecule has 1 aromatic heterocycles. The second-order valence-corrected chi connectivity index (χ2v) is 8.67. The number of ether oxygens (including phenoxy) is 1. The summed E-state index contributed by atoms with van der Waals surface area (Å²) in [5.41, 5.74) is 0. The first-order valence-corrected chi connectivity index (χ1v) is 9.55. The lowest BCUT2D eigenvalue weighted by Crippen LogP contribution is -2.27. The van der Waals surface area contributed by atoms with Gasteiger partial charge in [0.15, 0.2) is 0 Å². The summed E-state index contributed by atoms with van der Waals surface area (Å²) in [5, 5.41) is 3.27. The third-order valence-corrected chi connectivity index (χ3v) is 6.14. The van der Waals surface area contributed by atoms with E-state index in [-0.39, 0.29) is 6.54 Å². The molecule has 0 amide bonds. The van der Waals surface area contributed by atoms with Crippen LogP contribution in [0.25, 0.3) is 0 Å². The monoisotopic (exact) mass is 384 g/mol. The smallest absolute Gasteiger partial charge is 0.242 e. The Morgan fingerprint density at radius 2 is 2.15 bits per heavy atom. The van der Waals surface area contributed by atoms with Crippen molar-refractivity contribution in [3.05, 3.63) is 14.7 Å². The van der Waals surface area contributed by atoms with Crippen molar-refractivity contribution >= 4 is 37.3 Å². The lowest BCUT2D eigenvalue weighted by molar-refractivity contribution is 0.153. The summed E-state index contributed by atoms with van der Waals surface area (Å²) in [5.74, 6) is 0. The van der Waals surface area contributed by atoms with Crippen LogP contribution in [0.5, 0.6) is 0 Å². The van der Waals surface area contributed by atoms with Crippen LogP contribution >= 0.6 is 27.3 Å². The molecule has 20 heavy (non-hydrogen) atoms. The van der Waals surface area contributed by atoms with Crippen LogP contribution in [0, 0.1) is 0 Å². The van der Waals surface area contributed by atoms with Gasteiger partial charge in [-0.3, -0.25) is 0 Å².